The number of hydrogen-bond donors (Lipinski definition) is 3. The summed E-state index contributed by atoms with van der Waals surface area (Å²) in [5, 5.41) is 5.35. The van der Waals surface area contributed by atoms with E-state index in [4.69, 9.17) is 10.5 Å². The number of fused-ring (bicyclic) bond motifs is 1. The number of rotatable bonds is 6. The molecule has 2 heterocycles. The zero-order chi connectivity index (χ0) is 26.9. The van der Waals surface area contributed by atoms with Crippen LogP contribution in [0.25, 0.3) is 0 Å². The molecule has 1 saturated carbocycles. The number of aromatic nitrogens is 1. The van der Waals surface area contributed by atoms with Crippen LogP contribution in [0, 0.1) is 5.92 Å². The number of carbonyl (C=O) groups excluding carboxylic acids is 2. The fourth-order valence-electron chi connectivity index (χ4n) is 4.32. The topological polar surface area (TPSA) is 110 Å². The lowest BCUT2D eigenvalue weighted by Gasteiger charge is -2.29. The molecule has 4 N–H and O–H groups in total. The summed E-state index contributed by atoms with van der Waals surface area (Å²) in [6, 6.07) is 12.0. The number of urea groups is 1. The number of anilines is 2. The molecule has 1 aliphatic carbocycles. The van der Waals surface area contributed by atoms with Gasteiger partial charge in [0.05, 0.1) is 5.56 Å². The molecule has 3 aromatic rings. The van der Waals surface area contributed by atoms with E-state index in [1.54, 1.807) is 18.3 Å². The first-order valence-corrected chi connectivity index (χ1v) is 12.2. The van der Waals surface area contributed by atoms with E-state index < -0.39 is 17.8 Å². The fourth-order valence-corrected chi connectivity index (χ4v) is 4.32. The van der Waals surface area contributed by atoms with Crippen molar-refractivity contribution < 1.29 is 27.5 Å². The highest BCUT2D eigenvalue weighted by atomic mass is 19.4. The van der Waals surface area contributed by atoms with Crippen LogP contribution in [0.1, 0.15) is 35.1 Å². The Kier molecular flexibility index (Phi) is 6.94. The van der Waals surface area contributed by atoms with Crippen molar-refractivity contribution in [3.05, 3.63) is 77.0 Å². The number of hydrogen-bond acceptors (Lipinski definition) is 5. The number of carbonyl (C=O) groups is 2. The molecule has 2 aliphatic rings. The van der Waals surface area contributed by atoms with Crippen molar-refractivity contribution >= 4 is 23.4 Å². The fraction of sp³-hybridized carbons (Fsp3) is 0.296. The summed E-state index contributed by atoms with van der Waals surface area (Å²) in [6.07, 6.45) is -0.654. The first-order valence-electron chi connectivity index (χ1n) is 12.2. The minimum atomic E-state index is -4.58. The molecule has 0 saturated heterocycles. The highest BCUT2D eigenvalue weighted by Gasteiger charge is 2.33. The van der Waals surface area contributed by atoms with E-state index in [0.717, 1.165) is 30.0 Å². The maximum absolute atomic E-state index is 13.4. The lowest BCUT2D eigenvalue weighted by molar-refractivity contribution is -0.138. The van der Waals surface area contributed by atoms with Crippen LogP contribution >= 0.6 is 0 Å². The molecule has 0 unspecified atom stereocenters. The van der Waals surface area contributed by atoms with Crippen LogP contribution in [0.3, 0.4) is 0 Å². The summed E-state index contributed by atoms with van der Waals surface area (Å²) < 4.78 is 46.1. The minimum absolute atomic E-state index is 0.0402. The molecule has 0 spiro atoms. The Labute approximate surface area is 217 Å². The summed E-state index contributed by atoms with van der Waals surface area (Å²) in [5.41, 5.74) is 6.50. The zero-order valence-electron chi connectivity index (χ0n) is 20.3. The van der Waals surface area contributed by atoms with Crippen LogP contribution in [-0.4, -0.2) is 28.4 Å². The first-order chi connectivity index (χ1) is 18.2. The maximum Gasteiger partial charge on any atom is 0.416 e. The van der Waals surface area contributed by atoms with Crippen LogP contribution in [0.4, 0.5) is 29.5 Å². The number of nitrogens with zero attached hydrogens (tertiary/aromatic N) is 2. The van der Waals surface area contributed by atoms with Crippen molar-refractivity contribution in [3.8, 4) is 11.5 Å². The molecule has 0 bridgehead atoms. The van der Waals surface area contributed by atoms with Gasteiger partial charge in [-0.1, -0.05) is 12.1 Å². The maximum atomic E-state index is 13.4. The number of ether oxygens (including phenoxy) is 1. The molecule has 2 aromatic carbocycles. The quantitative estimate of drug-likeness (QED) is 0.405. The smallest absolute Gasteiger partial charge is 0.416 e. The molecule has 0 atom stereocenters. The first kappa shape index (κ1) is 25.5. The molecule has 11 heteroatoms. The summed E-state index contributed by atoms with van der Waals surface area (Å²) in [6.45, 7) is 0.428. The monoisotopic (exact) mass is 525 g/mol. The molecule has 1 fully saturated rings. The third-order valence-corrected chi connectivity index (χ3v) is 6.53. The molecule has 1 aromatic heterocycles. The number of halogens is 3. The van der Waals surface area contributed by atoms with Gasteiger partial charge in [-0.2, -0.15) is 13.2 Å². The van der Waals surface area contributed by atoms with Crippen LogP contribution in [0.5, 0.6) is 11.5 Å². The number of pyridine rings is 1. The van der Waals surface area contributed by atoms with Gasteiger partial charge < -0.3 is 26.0 Å². The van der Waals surface area contributed by atoms with E-state index in [1.165, 1.54) is 17.0 Å². The van der Waals surface area contributed by atoms with E-state index in [9.17, 15) is 22.8 Å². The van der Waals surface area contributed by atoms with Gasteiger partial charge in [0.15, 0.2) is 0 Å². The van der Waals surface area contributed by atoms with Crippen LogP contribution in [0.2, 0.25) is 0 Å². The Balaban J connectivity index is 1.25. The van der Waals surface area contributed by atoms with Gasteiger partial charge in [-0.25, -0.2) is 9.78 Å². The second-order valence-electron chi connectivity index (χ2n) is 9.35. The van der Waals surface area contributed by atoms with Gasteiger partial charge in [0, 0.05) is 43.5 Å². The summed E-state index contributed by atoms with van der Waals surface area (Å²) in [4.78, 5) is 30.6. The Morgan fingerprint density at radius 3 is 2.55 bits per heavy atom. The highest BCUT2D eigenvalue weighted by molar-refractivity contribution is 5.93. The molecular formula is C27H26F3N5O3. The summed E-state index contributed by atoms with van der Waals surface area (Å²) in [7, 11) is 0. The number of amides is 3. The Morgan fingerprint density at radius 1 is 1.03 bits per heavy atom. The predicted molar refractivity (Wildman–Crippen MR) is 135 cm³/mol. The normalized spacial score (nSPS) is 15.0. The van der Waals surface area contributed by atoms with Gasteiger partial charge in [0.2, 0.25) is 5.91 Å². The Hall–Kier alpha value is -4.12. The lowest BCUT2D eigenvalue weighted by atomic mass is 9.99. The molecule has 3 amide bonds. The van der Waals surface area contributed by atoms with Crippen molar-refractivity contribution in [2.75, 3.05) is 17.2 Å². The highest BCUT2D eigenvalue weighted by Crippen LogP contribution is 2.34. The van der Waals surface area contributed by atoms with Crippen molar-refractivity contribution in [2.45, 2.75) is 38.5 Å². The van der Waals surface area contributed by atoms with Crippen LogP contribution in [-0.2, 0) is 30.5 Å². The van der Waals surface area contributed by atoms with Gasteiger partial charge in [-0.15, -0.1) is 0 Å². The number of nitrogens with two attached hydrogens (primary N) is 1. The summed E-state index contributed by atoms with van der Waals surface area (Å²) >= 11 is 0. The second kappa shape index (κ2) is 10.3. The summed E-state index contributed by atoms with van der Waals surface area (Å²) in [5.74, 6) is 1.46. The predicted octanol–water partition coefficient (Wildman–Crippen LogP) is 5.29. The van der Waals surface area contributed by atoms with Crippen LogP contribution < -0.4 is 21.1 Å². The number of nitrogens with one attached hydrogen (secondary N) is 2. The van der Waals surface area contributed by atoms with Gasteiger partial charge in [-0.3, -0.25) is 4.79 Å². The second-order valence-corrected chi connectivity index (χ2v) is 9.35. The van der Waals surface area contributed by atoms with E-state index >= 15 is 0 Å². The molecule has 38 heavy (non-hydrogen) atoms. The van der Waals surface area contributed by atoms with E-state index in [1.807, 2.05) is 18.2 Å². The Bertz CT molecular complexity index is 1370. The van der Waals surface area contributed by atoms with Crippen molar-refractivity contribution in [1.82, 2.24) is 9.88 Å². The minimum Gasteiger partial charge on any atom is -0.457 e. The van der Waals surface area contributed by atoms with Crippen LogP contribution in [0.15, 0.2) is 54.7 Å². The SMILES string of the molecule is NCc1ccc(NC(=O)N2CCc3ccc(Oc4ccnc(NC(=O)C5CC5)c4)cc3C2)cc1C(F)(F)F. The standard InChI is InChI=1S/C27H26F3N5O3/c28-27(29,30)23-12-20(5-3-18(23)14-31)33-26(37)35-10-8-16-4-6-21(11-19(16)15-35)38-22-7-9-32-24(13-22)34-25(36)17-1-2-17/h3-7,9,11-13,17H,1-2,8,10,14-15,31H2,(H,33,37)(H,32,34,36). The molecule has 198 valence electrons. The van der Waals surface area contributed by atoms with Crippen molar-refractivity contribution in [1.29, 1.82) is 0 Å². The molecular weight excluding hydrogens is 499 g/mol. The molecule has 1 aliphatic heterocycles. The molecule has 0 radical (unpaired) electrons. The molecule has 8 nitrogen and oxygen atoms in total. The third-order valence-electron chi connectivity index (χ3n) is 6.53. The van der Waals surface area contributed by atoms with Crippen molar-refractivity contribution in [3.63, 3.8) is 0 Å². The molecule has 5 rings (SSSR count). The van der Waals surface area contributed by atoms with E-state index in [2.05, 4.69) is 15.6 Å². The average Bonchev–Trinajstić information content (AvgIpc) is 3.74. The van der Waals surface area contributed by atoms with E-state index in [0.29, 0.717) is 30.3 Å². The van der Waals surface area contributed by atoms with Crippen molar-refractivity contribution in [2.24, 2.45) is 11.7 Å². The zero-order valence-corrected chi connectivity index (χ0v) is 20.3. The number of benzene rings is 2. The van der Waals surface area contributed by atoms with Gasteiger partial charge in [0.1, 0.15) is 17.3 Å². The van der Waals surface area contributed by atoms with E-state index in [-0.39, 0.29) is 36.2 Å². The largest absolute Gasteiger partial charge is 0.457 e. The van der Waals surface area contributed by atoms with Gasteiger partial charge in [0.25, 0.3) is 0 Å². The number of alkyl halides is 3. The van der Waals surface area contributed by atoms with Gasteiger partial charge >= 0.3 is 12.2 Å². The average molecular weight is 526 g/mol. The van der Waals surface area contributed by atoms with Gasteiger partial charge in [-0.05, 0) is 66.3 Å². The lowest BCUT2D eigenvalue weighted by Crippen LogP contribution is -2.38. The Morgan fingerprint density at radius 2 is 1.82 bits per heavy atom. The third kappa shape index (κ3) is 5.88.